The molecule has 11 heteroatoms. The Labute approximate surface area is 154 Å². The van der Waals surface area contributed by atoms with Crippen LogP contribution in [-0.4, -0.2) is 50.3 Å². The average Bonchev–Trinajstić information content (AvgIpc) is 3.34. The summed E-state index contributed by atoms with van der Waals surface area (Å²) < 4.78 is 30.3. The molecule has 26 heavy (non-hydrogen) atoms. The number of hydrogen-bond acceptors (Lipinski definition) is 9. The number of rotatable bonds is 6. The molecule has 1 aromatic carbocycles. The standard InChI is InChI=1S/C15H16N6O3S2/c22-26(23)7-6-11(10-26)8-14-17-18-15(24-14)25-9-13-16-19-20-21(13)12-4-2-1-3-5-12/h1-5,11H,6-10H2/t11-/m0/s1. The number of aromatic nitrogens is 6. The molecule has 0 radical (unpaired) electrons. The first kappa shape index (κ1) is 17.2. The van der Waals surface area contributed by atoms with Crippen molar-refractivity contribution >= 4 is 21.6 Å². The smallest absolute Gasteiger partial charge is 0.277 e. The normalized spacial score (nSPS) is 19.0. The van der Waals surface area contributed by atoms with E-state index in [1.165, 1.54) is 11.8 Å². The van der Waals surface area contributed by atoms with E-state index in [0.29, 0.717) is 35.5 Å². The van der Waals surface area contributed by atoms with Crippen molar-refractivity contribution in [1.82, 2.24) is 30.4 Å². The van der Waals surface area contributed by atoms with Gasteiger partial charge in [0.2, 0.25) is 5.89 Å². The highest BCUT2D eigenvalue weighted by Gasteiger charge is 2.29. The zero-order chi connectivity index (χ0) is 18.0. The van der Waals surface area contributed by atoms with E-state index in [0.717, 1.165) is 5.69 Å². The van der Waals surface area contributed by atoms with Gasteiger partial charge in [-0.05, 0) is 34.9 Å². The Morgan fingerprint density at radius 3 is 2.81 bits per heavy atom. The van der Waals surface area contributed by atoms with E-state index in [1.54, 1.807) is 4.68 Å². The van der Waals surface area contributed by atoms with Crippen LogP contribution in [0, 0.1) is 5.92 Å². The van der Waals surface area contributed by atoms with Crippen molar-refractivity contribution in [3.63, 3.8) is 0 Å². The monoisotopic (exact) mass is 392 g/mol. The number of para-hydroxylation sites is 1. The summed E-state index contributed by atoms with van der Waals surface area (Å²) in [6, 6.07) is 9.61. The molecule has 0 amide bonds. The third-order valence-corrected chi connectivity index (χ3v) is 6.75. The fraction of sp³-hybridized carbons (Fsp3) is 0.400. The van der Waals surface area contributed by atoms with Gasteiger partial charge in [-0.25, -0.2) is 8.42 Å². The number of sulfone groups is 1. The lowest BCUT2D eigenvalue weighted by Crippen LogP contribution is -2.07. The van der Waals surface area contributed by atoms with Gasteiger partial charge in [-0.2, -0.15) is 4.68 Å². The van der Waals surface area contributed by atoms with E-state index < -0.39 is 9.84 Å². The molecule has 0 bridgehead atoms. The Morgan fingerprint density at radius 2 is 2.04 bits per heavy atom. The summed E-state index contributed by atoms with van der Waals surface area (Å²) in [6.45, 7) is 0. The van der Waals surface area contributed by atoms with Gasteiger partial charge in [-0.1, -0.05) is 30.0 Å². The molecular weight excluding hydrogens is 376 g/mol. The first-order valence-corrected chi connectivity index (χ1v) is 10.9. The fourth-order valence-corrected chi connectivity index (χ4v) is 5.40. The van der Waals surface area contributed by atoms with Crippen LogP contribution in [0.5, 0.6) is 0 Å². The number of nitrogens with zero attached hydrogens (tertiary/aromatic N) is 6. The highest BCUT2D eigenvalue weighted by atomic mass is 32.2. The Hall–Kier alpha value is -2.27. The highest BCUT2D eigenvalue weighted by molar-refractivity contribution is 7.98. The lowest BCUT2D eigenvalue weighted by Gasteiger charge is -2.03. The molecule has 1 fully saturated rings. The van der Waals surface area contributed by atoms with Gasteiger partial charge in [0.25, 0.3) is 5.22 Å². The van der Waals surface area contributed by atoms with E-state index in [-0.39, 0.29) is 17.4 Å². The number of tetrazole rings is 1. The second-order valence-corrected chi connectivity index (χ2v) is 9.22. The average molecular weight is 392 g/mol. The van der Waals surface area contributed by atoms with Crippen molar-refractivity contribution in [2.75, 3.05) is 11.5 Å². The molecule has 2 aromatic heterocycles. The van der Waals surface area contributed by atoms with Crippen molar-refractivity contribution < 1.29 is 12.8 Å². The van der Waals surface area contributed by atoms with Gasteiger partial charge in [0.15, 0.2) is 15.7 Å². The lowest BCUT2D eigenvalue weighted by molar-refractivity contribution is 0.389. The van der Waals surface area contributed by atoms with Crippen molar-refractivity contribution in [3.8, 4) is 5.69 Å². The number of thioether (sulfide) groups is 1. The second-order valence-electron chi connectivity index (χ2n) is 6.07. The van der Waals surface area contributed by atoms with Gasteiger partial charge in [-0.3, -0.25) is 0 Å². The van der Waals surface area contributed by atoms with Crippen molar-refractivity contribution in [1.29, 1.82) is 0 Å². The molecule has 1 aliphatic heterocycles. The van der Waals surface area contributed by atoms with Gasteiger partial charge in [0.05, 0.1) is 22.9 Å². The largest absolute Gasteiger partial charge is 0.416 e. The Kier molecular flexibility index (Phi) is 4.72. The molecule has 0 aliphatic carbocycles. The van der Waals surface area contributed by atoms with Crippen LogP contribution in [0.15, 0.2) is 40.0 Å². The molecule has 4 rings (SSSR count). The van der Waals surface area contributed by atoms with Gasteiger partial charge in [0.1, 0.15) is 0 Å². The number of hydrogen-bond donors (Lipinski definition) is 0. The highest BCUT2D eigenvalue weighted by Crippen LogP contribution is 2.25. The molecular formula is C15H16N6O3S2. The third kappa shape index (κ3) is 3.93. The fourth-order valence-electron chi connectivity index (χ4n) is 2.85. The van der Waals surface area contributed by atoms with Gasteiger partial charge in [-0.15, -0.1) is 15.3 Å². The molecule has 9 nitrogen and oxygen atoms in total. The van der Waals surface area contributed by atoms with Crippen molar-refractivity contribution in [2.45, 2.75) is 23.8 Å². The second kappa shape index (κ2) is 7.16. The molecule has 0 N–H and O–H groups in total. The maximum atomic E-state index is 11.5. The summed E-state index contributed by atoms with van der Waals surface area (Å²) in [5.41, 5.74) is 0.877. The molecule has 0 unspecified atom stereocenters. The van der Waals surface area contributed by atoms with Crippen molar-refractivity contribution in [2.24, 2.45) is 5.92 Å². The van der Waals surface area contributed by atoms with E-state index in [4.69, 9.17) is 4.42 Å². The first-order valence-electron chi connectivity index (χ1n) is 8.07. The van der Waals surface area contributed by atoms with E-state index in [9.17, 15) is 8.42 Å². The maximum absolute atomic E-state index is 11.5. The lowest BCUT2D eigenvalue weighted by atomic mass is 10.1. The maximum Gasteiger partial charge on any atom is 0.277 e. The SMILES string of the molecule is O=S1(=O)CC[C@@H](Cc2nnc(SCc3nnnn3-c3ccccc3)o2)C1. The zero-order valence-corrected chi connectivity index (χ0v) is 15.4. The minimum Gasteiger partial charge on any atom is -0.416 e. The molecule has 0 saturated carbocycles. The molecule has 3 heterocycles. The van der Waals surface area contributed by atoms with Crippen LogP contribution in [0.25, 0.3) is 5.69 Å². The van der Waals surface area contributed by atoms with Crippen LogP contribution < -0.4 is 0 Å². The minimum absolute atomic E-state index is 0.0590. The summed E-state index contributed by atoms with van der Waals surface area (Å²) in [5, 5.41) is 20.2. The summed E-state index contributed by atoms with van der Waals surface area (Å²) in [5.74, 6) is 2.12. The minimum atomic E-state index is -2.90. The number of benzene rings is 1. The van der Waals surface area contributed by atoms with Gasteiger partial charge in [0, 0.05) is 6.42 Å². The Bertz CT molecular complexity index is 986. The topological polar surface area (TPSA) is 117 Å². The van der Waals surface area contributed by atoms with E-state index in [2.05, 4.69) is 25.7 Å². The van der Waals surface area contributed by atoms with Crippen LogP contribution in [0.3, 0.4) is 0 Å². The molecule has 0 spiro atoms. The third-order valence-electron chi connectivity index (χ3n) is 4.10. The van der Waals surface area contributed by atoms with Crippen LogP contribution in [0.1, 0.15) is 18.1 Å². The van der Waals surface area contributed by atoms with Gasteiger partial charge >= 0.3 is 0 Å². The predicted octanol–water partition coefficient (Wildman–Crippen LogP) is 1.31. The molecule has 1 aliphatic rings. The quantitative estimate of drug-likeness (QED) is 0.572. The summed E-state index contributed by atoms with van der Waals surface area (Å²) in [7, 11) is -2.90. The summed E-state index contributed by atoms with van der Waals surface area (Å²) in [4.78, 5) is 0. The summed E-state index contributed by atoms with van der Waals surface area (Å²) in [6.07, 6.45) is 1.15. The Balaban J connectivity index is 1.38. The van der Waals surface area contributed by atoms with Crippen LogP contribution in [0.2, 0.25) is 0 Å². The molecule has 136 valence electrons. The zero-order valence-electron chi connectivity index (χ0n) is 13.7. The van der Waals surface area contributed by atoms with Crippen LogP contribution in [0.4, 0.5) is 0 Å². The first-order chi connectivity index (χ1) is 12.6. The summed E-state index contributed by atoms with van der Waals surface area (Å²) >= 11 is 1.34. The van der Waals surface area contributed by atoms with E-state index in [1.807, 2.05) is 30.3 Å². The van der Waals surface area contributed by atoms with E-state index >= 15 is 0 Å². The molecule has 1 atom stereocenters. The predicted molar refractivity (Wildman–Crippen MR) is 93.5 cm³/mol. The van der Waals surface area contributed by atoms with Crippen molar-refractivity contribution in [3.05, 3.63) is 42.0 Å². The van der Waals surface area contributed by atoms with Gasteiger partial charge < -0.3 is 4.42 Å². The van der Waals surface area contributed by atoms with Crippen LogP contribution >= 0.6 is 11.8 Å². The molecule has 1 saturated heterocycles. The molecule has 3 aromatic rings. The Morgan fingerprint density at radius 1 is 1.19 bits per heavy atom. The van der Waals surface area contributed by atoms with Crippen LogP contribution in [-0.2, 0) is 22.0 Å².